The van der Waals surface area contributed by atoms with Crippen LogP contribution in [0, 0.1) is 0 Å². The molecule has 0 bridgehead atoms. The number of amides is 1. The Morgan fingerprint density at radius 3 is 2.89 bits per heavy atom. The second-order valence-electron chi connectivity index (χ2n) is 3.68. The molecular weight excluding hydrogens is 302 g/mol. The molecule has 2 rings (SSSR count). The van der Waals surface area contributed by atoms with Crippen molar-refractivity contribution in [3.63, 3.8) is 0 Å². The van der Waals surface area contributed by atoms with E-state index in [4.69, 9.17) is 8.83 Å². The molecule has 96 valence electrons. The van der Waals surface area contributed by atoms with Crippen molar-refractivity contribution in [2.75, 3.05) is 6.54 Å². The minimum Gasteiger partial charge on any atom is -0.467 e. The molecule has 0 saturated carbocycles. The zero-order valence-corrected chi connectivity index (χ0v) is 11.0. The lowest BCUT2D eigenvalue weighted by molar-refractivity contribution is 0.0907. The van der Waals surface area contributed by atoms with Gasteiger partial charge < -0.3 is 19.3 Å². The molecule has 18 heavy (non-hydrogen) atoms. The van der Waals surface area contributed by atoms with Crippen LogP contribution in [0.3, 0.4) is 0 Å². The van der Waals surface area contributed by atoms with Crippen LogP contribution in [0.1, 0.15) is 28.8 Å². The molecule has 0 aromatic carbocycles. The maximum absolute atomic E-state index is 11.6. The van der Waals surface area contributed by atoms with Crippen LogP contribution < -0.4 is 5.32 Å². The van der Waals surface area contributed by atoms with Gasteiger partial charge >= 0.3 is 0 Å². The fourth-order valence-electron chi connectivity index (χ4n) is 1.47. The highest BCUT2D eigenvalue weighted by Gasteiger charge is 2.13. The van der Waals surface area contributed by atoms with Crippen LogP contribution in [0.25, 0.3) is 0 Å². The average Bonchev–Trinajstić information content (AvgIpc) is 2.99. The normalized spacial score (nSPS) is 12.3. The van der Waals surface area contributed by atoms with Gasteiger partial charge in [-0.1, -0.05) is 0 Å². The van der Waals surface area contributed by atoms with Crippen molar-refractivity contribution in [3.8, 4) is 0 Å². The zero-order chi connectivity index (χ0) is 13.0. The van der Waals surface area contributed by atoms with Crippen molar-refractivity contribution in [3.05, 3.63) is 46.7 Å². The molecule has 0 spiro atoms. The minimum absolute atomic E-state index is 0.231. The van der Waals surface area contributed by atoms with Crippen LogP contribution in [-0.4, -0.2) is 17.6 Å². The quantitative estimate of drug-likeness (QED) is 0.889. The van der Waals surface area contributed by atoms with E-state index in [0.717, 1.165) is 0 Å². The van der Waals surface area contributed by atoms with E-state index in [1.807, 2.05) is 0 Å². The Morgan fingerprint density at radius 2 is 2.28 bits per heavy atom. The van der Waals surface area contributed by atoms with Gasteiger partial charge in [0.1, 0.15) is 11.9 Å². The topological polar surface area (TPSA) is 75.6 Å². The number of nitrogens with one attached hydrogen (secondary N) is 1. The Labute approximate surface area is 112 Å². The summed E-state index contributed by atoms with van der Waals surface area (Å²) in [4.78, 5) is 11.6. The van der Waals surface area contributed by atoms with Gasteiger partial charge in [-0.25, -0.2) is 0 Å². The molecule has 1 unspecified atom stereocenters. The molecule has 2 N–H and O–H groups in total. The van der Waals surface area contributed by atoms with E-state index in [2.05, 4.69) is 21.2 Å². The lowest BCUT2D eigenvalue weighted by Crippen LogP contribution is -2.25. The summed E-state index contributed by atoms with van der Waals surface area (Å²) in [5.74, 6) is 0.409. The van der Waals surface area contributed by atoms with Crippen molar-refractivity contribution < 1.29 is 18.7 Å². The van der Waals surface area contributed by atoms with Gasteiger partial charge in [-0.3, -0.25) is 4.79 Å². The number of hydrogen-bond donors (Lipinski definition) is 2. The third-order valence-corrected chi connectivity index (χ3v) is 2.80. The Balaban J connectivity index is 1.77. The van der Waals surface area contributed by atoms with E-state index in [1.165, 1.54) is 6.26 Å². The molecule has 0 aliphatic carbocycles. The molecule has 6 heteroatoms. The standard InChI is InChI=1S/C12H12BrNO4/c13-11-4-3-10(18-11)12(16)14-6-5-8(15)9-2-1-7-17-9/h1-4,7-8,15H,5-6H2,(H,14,16). The molecule has 1 amide bonds. The van der Waals surface area contributed by atoms with Gasteiger partial charge in [0.2, 0.25) is 0 Å². The first-order valence-corrected chi connectivity index (χ1v) is 6.21. The Kier molecular flexibility index (Phi) is 4.22. The van der Waals surface area contributed by atoms with Crippen molar-refractivity contribution in [1.29, 1.82) is 0 Å². The van der Waals surface area contributed by atoms with Crippen LogP contribution in [0.4, 0.5) is 0 Å². The van der Waals surface area contributed by atoms with E-state index in [0.29, 0.717) is 23.4 Å². The molecule has 2 aromatic rings. The number of halogens is 1. The van der Waals surface area contributed by atoms with Crippen molar-refractivity contribution >= 4 is 21.8 Å². The third-order valence-electron chi connectivity index (χ3n) is 2.37. The summed E-state index contributed by atoms with van der Waals surface area (Å²) in [6, 6.07) is 6.61. The average molecular weight is 314 g/mol. The van der Waals surface area contributed by atoms with E-state index in [-0.39, 0.29) is 11.7 Å². The van der Waals surface area contributed by atoms with Gasteiger partial charge in [0, 0.05) is 6.54 Å². The minimum atomic E-state index is -0.719. The Bertz CT molecular complexity index is 506. The first-order chi connectivity index (χ1) is 8.66. The maximum atomic E-state index is 11.6. The smallest absolute Gasteiger partial charge is 0.287 e. The van der Waals surface area contributed by atoms with E-state index >= 15 is 0 Å². The van der Waals surface area contributed by atoms with Crippen molar-refractivity contribution in [2.24, 2.45) is 0 Å². The van der Waals surface area contributed by atoms with Crippen LogP contribution in [0.15, 0.2) is 44.0 Å². The molecule has 0 saturated heterocycles. The highest BCUT2D eigenvalue weighted by Crippen LogP contribution is 2.16. The second kappa shape index (κ2) is 5.88. The number of aliphatic hydroxyl groups excluding tert-OH is 1. The zero-order valence-electron chi connectivity index (χ0n) is 9.43. The molecule has 0 aliphatic rings. The van der Waals surface area contributed by atoms with Gasteiger partial charge in [-0.2, -0.15) is 0 Å². The monoisotopic (exact) mass is 313 g/mol. The second-order valence-corrected chi connectivity index (χ2v) is 4.46. The van der Waals surface area contributed by atoms with Crippen LogP contribution in [0.2, 0.25) is 0 Å². The molecule has 0 aliphatic heterocycles. The Morgan fingerprint density at radius 1 is 1.44 bits per heavy atom. The predicted molar refractivity (Wildman–Crippen MR) is 67.0 cm³/mol. The first kappa shape index (κ1) is 12.9. The van der Waals surface area contributed by atoms with Crippen LogP contribution in [0.5, 0.6) is 0 Å². The third kappa shape index (κ3) is 3.24. The lowest BCUT2D eigenvalue weighted by Gasteiger charge is -2.07. The summed E-state index contributed by atoms with van der Waals surface area (Å²) in [7, 11) is 0. The molecule has 0 radical (unpaired) electrons. The van der Waals surface area contributed by atoms with Gasteiger partial charge in [0.25, 0.3) is 5.91 Å². The van der Waals surface area contributed by atoms with Gasteiger partial charge in [-0.05, 0) is 46.6 Å². The molecule has 1 atom stereocenters. The highest BCUT2D eigenvalue weighted by molar-refractivity contribution is 9.10. The number of aliphatic hydroxyl groups is 1. The van der Waals surface area contributed by atoms with Gasteiger partial charge in [0.05, 0.1) is 6.26 Å². The van der Waals surface area contributed by atoms with E-state index < -0.39 is 6.10 Å². The maximum Gasteiger partial charge on any atom is 0.287 e. The summed E-state index contributed by atoms with van der Waals surface area (Å²) >= 11 is 3.12. The Hall–Kier alpha value is -1.53. The lowest BCUT2D eigenvalue weighted by atomic mass is 10.2. The van der Waals surface area contributed by atoms with Gasteiger partial charge in [0.15, 0.2) is 10.4 Å². The largest absolute Gasteiger partial charge is 0.467 e. The van der Waals surface area contributed by atoms with Crippen LogP contribution >= 0.6 is 15.9 Å². The first-order valence-electron chi connectivity index (χ1n) is 5.42. The molecule has 5 nitrogen and oxygen atoms in total. The fourth-order valence-corrected chi connectivity index (χ4v) is 1.78. The summed E-state index contributed by atoms with van der Waals surface area (Å²) in [5.41, 5.74) is 0. The number of carbonyl (C=O) groups is 1. The summed E-state index contributed by atoms with van der Waals surface area (Å²) in [5, 5.41) is 12.4. The molecule has 2 heterocycles. The molecular formula is C12H12BrNO4. The van der Waals surface area contributed by atoms with E-state index in [1.54, 1.807) is 24.3 Å². The predicted octanol–water partition coefficient (Wildman–Crippen LogP) is 2.49. The SMILES string of the molecule is O=C(NCCC(O)c1ccco1)c1ccc(Br)o1. The fraction of sp³-hybridized carbons (Fsp3) is 0.250. The summed E-state index contributed by atoms with van der Waals surface area (Å²) in [6.07, 6.45) is 1.15. The van der Waals surface area contributed by atoms with E-state index in [9.17, 15) is 9.90 Å². The van der Waals surface area contributed by atoms with Crippen LogP contribution in [-0.2, 0) is 0 Å². The molecule has 2 aromatic heterocycles. The number of hydrogen-bond acceptors (Lipinski definition) is 4. The van der Waals surface area contributed by atoms with Crippen molar-refractivity contribution in [1.82, 2.24) is 5.32 Å². The highest BCUT2D eigenvalue weighted by atomic mass is 79.9. The number of furan rings is 2. The van der Waals surface area contributed by atoms with Gasteiger partial charge in [-0.15, -0.1) is 0 Å². The summed E-state index contributed by atoms with van der Waals surface area (Å²) < 4.78 is 10.7. The molecule has 0 fully saturated rings. The number of rotatable bonds is 5. The van der Waals surface area contributed by atoms with Crippen molar-refractivity contribution in [2.45, 2.75) is 12.5 Å². The number of carbonyl (C=O) groups excluding carboxylic acids is 1. The summed E-state index contributed by atoms with van der Waals surface area (Å²) in [6.45, 7) is 0.332.